The molecule has 1 unspecified atom stereocenters. The Morgan fingerprint density at radius 2 is 1.72 bits per heavy atom. The van der Waals surface area contributed by atoms with Crippen molar-refractivity contribution in [3.63, 3.8) is 0 Å². The summed E-state index contributed by atoms with van der Waals surface area (Å²) in [7, 11) is 0. The summed E-state index contributed by atoms with van der Waals surface area (Å²) in [4.78, 5) is 39.5. The van der Waals surface area contributed by atoms with E-state index in [4.69, 9.17) is 4.74 Å². The van der Waals surface area contributed by atoms with Gasteiger partial charge in [0.25, 0.3) is 5.91 Å². The van der Waals surface area contributed by atoms with Crippen molar-refractivity contribution in [2.75, 3.05) is 6.61 Å². The van der Waals surface area contributed by atoms with Gasteiger partial charge in [-0.25, -0.2) is 0 Å². The molecule has 8 heteroatoms. The molecule has 1 aromatic heterocycles. The highest BCUT2D eigenvalue weighted by atomic mass is 16.5. The molecule has 168 valence electrons. The minimum atomic E-state index is -0.479. The minimum absolute atomic E-state index is 0.0196. The monoisotopic (exact) mass is 436 g/mol. The summed E-state index contributed by atoms with van der Waals surface area (Å²) < 4.78 is 5.60. The fourth-order valence-corrected chi connectivity index (χ4v) is 3.16. The van der Waals surface area contributed by atoms with Crippen LogP contribution < -0.4 is 20.9 Å². The Labute approximate surface area is 186 Å². The lowest BCUT2D eigenvalue weighted by molar-refractivity contribution is -0.127. The second-order valence-corrected chi connectivity index (χ2v) is 7.48. The number of fused-ring (bicyclic) bond motifs is 1. The number of ether oxygens (including phenoxy) is 1. The second kappa shape index (κ2) is 11.0. The number of aromatic amines is 1. The van der Waals surface area contributed by atoms with Gasteiger partial charge in [0, 0.05) is 23.7 Å². The molecule has 0 saturated heterocycles. The SMILES string of the molecule is CCCOc1ccc2[nH]c(C(=O)NNC(=O)CCC(=O)NC(C)c3ccccc3)cc2c1. The maximum atomic E-state index is 12.3. The quantitative estimate of drug-likeness (QED) is 0.385. The molecule has 0 fully saturated rings. The number of carbonyl (C=O) groups excluding carboxylic acids is 3. The topological polar surface area (TPSA) is 112 Å². The van der Waals surface area contributed by atoms with E-state index in [0.717, 1.165) is 28.6 Å². The Hall–Kier alpha value is -3.81. The van der Waals surface area contributed by atoms with E-state index in [0.29, 0.717) is 12.3 Å². The summed E-state index contributed by atoms with van der Waals surface area (Å²) in [6, 6.07) is 16.6. The summed E-state index contributed by atoms with van der Waals surface area (Å²) >= 11 is 0. The summed E-state index contributed by atoms with van der Waals surface area (Å²) in [5.74, 6) is -0.432. The van der Waals surface area contributed by atoms with Crippen LogP contribution in [-0.2, 0) is 9.59 Å². The first-order valence-electron chi connectivity index (χ1n) is 10.7. The van der Waals surface area contributed by atoms with Gasteiger partial charge < -0.3 is 15.0 Å². The Morgan fingerprint density at radius 1 is 0.969 bits per heavy atom. The molecule has 1 heterocycles. The first-order valence-corrected chi connectivity index (χ1v) is 10.7. The van der Waals surface area contributed by atoms with Crippen molar-refractivity contribution in [3.8, 4) is 5.75 Å². The highest BCUT2D eigenvalue weighted by Crippen LogP contribution is 2.22. The van der Waals surface area contributed by atoms with Gasteiger partial charge in [0.15, 0.2) is 0 Å². The highest BCUT2D eigenvalue weighted by molar-refractivity contribution is 5.99. The molecular formula is C24H28N4O4. The van der Waals surface area contributed by atoms with Gasteiger partial charge in [-0.1, -0.05) is 37.3 Å². The van der Waals surface area contributed by atoms with Gasteiger partial charge in [0.1, 0.15) is 11.4 Å². The van der Waals surface area contributed by atoms with E-state index < -0.39 is 11.8 Å². The number of nitrogens with one attached hydrogen (secondary N) is 4. The lowest BCUT2D eigenvalue weighted by atomic mass is 10.1. The summed E-state index contributed by atoms with van der Waals surface area (Å²) in [5, 5.41) is 3.69. The number of amides is 3. The Kier molecular flexibility index (Phi) is 7.85. The van der Waals surface area contributed by atoms with Gasteiger partial charge >= 0.3 is 0 Å². The zero-order chi connectivity index (χ0) is 22.9. The third-order valence-corrected chi connectivity index (χ3v) is 4.88. The van der Waals surface area contributed by atoms with Crippen LogP contribution in [0.1, 0.15) is 55.2 Å². The standard InChI is InChI=1S/C24H28N4O4/c1-3-13-32-19-9-10-20-18(14-19)15-21(26-20)24(31)28-27-23(30)12-11-22(29)25-16(2)17-7-5-4-6-8-17/h4-10,14-16,26H,3,11-13H2,1-2H3,(H,25,29)(H,27,30)(H,28,31). The van der Waals surface area contributed by atoms with E-state index in [1.807, 2.05) is 62.4 Å². The number of hydrogen-bond donors (Lipinski definition) is 4. The van der Waals surface area contributed by atoms with Gasteiger partial charge in [-0.3, -0.25) is 25.2 Å². The fraction of sp³-hybridized carbons (Fsp3) is 0.292. The largest absolute Gasteiger partial charge is 0.494 e. The molecule has 3 aromatic rings. The molecule has 0 spiro atoms. The fourth-order valence-electron chi connectivity index (χ4n) is 3.16. The molecule has 0 radical (unpaired) electrons. The molecule has 0 saturated carbocycles. The maximum absolute atomic E-state index is 12.3. The molecule has 4 N–H and O–H groups in total. The molecule has 8 nitrogen and oxygen atoms in total. The number of H-pyrrole nitrogens is 1. The average molecular weight is 437 g/mol. The van der Waals surface area contributed by atoms with Gasteiger partial charge in [-0.05, 0) is 43.2 Å². The first kappa shape index (κ1) is 22.9. The number of hydrazine groups is 1. The lowest BCUT2D eigenvalue weighted by Gasteiger charge is -2.14. The van der Waals surface area contributed by atoms with Gasteiger partial charge in [-0.15, -0.1) is 0 Å². The summed E-state index contributed by atoms with van der Waals surface area (Å²) in [5.41, 5.74) is 6.79. The lowest BCUT2D eigenvalue weighted by Crippen LogP contribution is -2.42. The van der Waals surface area contributed by atoms with Crippen LogP contribution in [0.2, 0.25) is 0 Å². The van der Waals surface area contributed by atoms with E-state index in [9.17, 15) is 14.4 Å². The Morgan fingerprint density at radius 3 is 2.47 bits per heavy atom. The Bertz CT molecular complexity index is 1080. The molecule has 3 amide bonds. The smallest absolute Gasteiger partial charge is 0.286 e. The van der Waals surface area contributed by atoms with Crippen molar-refractivity contribution in [1.82, 2.24) is 21.2 Å². The van der Waals surface area contributed by atoms with Crippen LogP contribution in [0.25, 0.3) is 10.9 Å². The van der Waals surface area contributed by atoms with Crippen LogP contribution in [0.5, 0.6) is 5.75 Å². The van der Waals surface area contributed by atoms with Crippen molar-refractivity contribution in [3.05, 3.63) is 65.9 Å². The predicted molar refractivity (Wildman–Crippen MR) is 122 cm³/mol. The molecule has 2 aromatic carbocycles. The molecule has 0 aliphatic carbocycles. The molecule has 32 heavy (non-hydrogen) atoms. The first-order chi connectivity index (χ1) is 15.5. The molecular weight excluding hydrogens is 408 g/mol. The van der Waals surface area contributed by atoms with Crippen molar-refractivity contribution in [2.24, 2.45) is 0 Å². The van der Waals surface area contributed by atoms with E-state index in [1.165, 1.54) is 0 Å². The second-order valence-electron chi connectivity index (χ2n) is 7.48. The molecule has 3 rings (SSSR count). The van der Waals surface area contributed by atoms with Crippen LogP contribution in [-0.4, -0.2) is 29.3 Å². The molecule has 0 bridgehead atoms. The number of benzene rings is 2. The predicted octanol–water partition coefficient (Wildman–Crippen LogP) is 3.38. The third-order valence-electron chi connectivity index (χ3n) is 4.88. The molecule has 1 atom stereocenters. The van der Waals surface area contributed by atoms with Crippen LogP contribution in [0.15, 0.2) is 54.6 Å². The van der Waals surface area contributed by atoms with Crippen molar-refractivity contribution < 1.29 is 19.1 Å². The van der Waals surface area contributed by atoms with E-state index in [-0.39, 0.29) is 24.8 Å². The third kappa shape index (κ3) is 6.34. The minimum Gasteiger partial charge on any atom is -0.494 e. The molecule has 0 aliphatic rings. The highest BCUT2D eigenvalue weighted by Gasteiger charge is 2.14. The Balaban J connectivity index is 1.44. The number of aromatic nitrogens is 1. The normalized spacial score (nSPS) is 11.6. The van der Waals surface area contributed by atoms with Crippen molar-refractivity contribution in [2.45, 2.75) is 39.2 Å². The van der Waals surface area contributed by atoms with Gasteiger partial charge in [0.2, 0.25) is 11.8 Å². The zero-order valence-electron chi connectivity index (χ0n) is 18.2. The van der Waals surface area contributed by atoms with Crippen LogP contribution >= 0.6 is 0 Å². The zero-order valence-corrected chi connectivity index (χ0v) is 18.2. The van der Waals surface area contributed by atoms with Crippen LogP contribution in [0, 0.1) is 0 Å². The van der Waals surface area contributed by atoms with Crippen molar-refractivity contribution in [1.29, 1.82) is 0 Å². The van der Waals surface area contributed by atoms with Crippen LogP contribution in [0.4, 0.5) is 0 Å². The van der Waals surface area contributed by atoms with Gasteiger partial charge in [-0.2, -0.15) is 0 Å². The van der Waals surface area contributed by atoms with E-state index in [1.54, 1.807) is 6.07 Å². The summed E-state index contributed by atoms with van der Waals surface area (Å²) in [6.45, 7) is 4.54. The van der Waals surface area contributed by atoms with Crippen molar-refractivity contribution >= 4 is 28.6 Å². The summed E-state index contributed by atoms with van der Waals surface area (Å²) in [6.07, 6.45) is 0.885. The van der Waals surface area contributed by atoms with E-state index >= 15 is 0 Å². The maximum Gasteiger partial charge on any atom is 0.286 e. The van der Waals surface area contributed by atoms with Crippen LogP contribution in [0.3, 0.4) is 0 Å². The molecule has 0 aliphatic heterocycles. The number of hydrogen-bond acceptors (Lipinski definition) is 4. The van der Waals surface area contributed by atoms with E-state index in [2.05, 4.69) is 21.2 Å². The average Bonchev–Trinajstić information content (AvgIpc) is 3.24. The number of rotatable bonds is 9. The number of carbonyl (C=O) groups is 3. The van der Waals surface area contributed by atoms with Gasteiger partial charge in [0.05, 0.1) is 12.6 Å².